The van der Waals surface area contributed by atoms with Crippen molar-refractivity contribution >= 4 is 11.9 Å². The second kappa shape index (κ2) is 11.9. The molecule has 0 bridgehead atoms. The minimum absolute atomic E-state index is 0.0349. The van der Waals surface area contributed by atoms with Crippen LogP contribution in [0.25, 0.3) is 0 Å². The summed E-state index contributed by atoms with van der Waals surface area (Å²) in [5, 5.41) is 8.38. The molecular weight excluding hydrogens is 504 g/mol. The van der Waals surface area contributed by atoms with Gasteiger partial charge in [0.2, 0.25) is 0 Å². The molecule has 4 aromatic rings. The van der Waals surface area contributed by atoms with E-state index >= 15 is 0 Å². The molecule has 2 aliphatic heterocycles. The summed E-state index contributed by atoms with van der Waals surface area (Å²) < 4.78 is 11.7. The molecule has 0 aliphatic carbocycles. The molecule has 2 aliphatic rings. The number of amides is 1. The summed E-state index contributed by atoms with van der Waals surface area (Å²) in [5.74, 6) is 6.85. The summed E-state index contributed by atoms with van der Waals surface area (Å²) in [5.41, 5.74) is 9.38. The molecule has 0 atom stereocenters. The van der Waals surface area contributed by atoms with Gasteiger partial charge in [-0.3, -0.25) is 4.79 Å². The van der Waals surface area contributed by atoms with Crippen LogP contribution in [0.4, 0.5) is 0 Å². The summed E-state index contributed by atoms with van der Waals surface area (Å²) >= 11 is 0. The molecule has 6 rings (SSSR count). The van der Waals surface area contributed by atoms with E-state index in [2.05, 4.69) is 17.9 Å². The van der Waals surface area contributed by atoms with Crippen LogP contribution in [0, 0.1) is 11.8 Å². The standard InChI is InChI=1S/C26H24N2O3.C7H6O2/c27-17-20-7-10-23-22(16-20)26(18-30-23)12-14-28(15-13-26)25(29)24-11-9-21(31-24)8-6-19-4-2-1-3-5-19;8-7(9)6-4-2-1-3-5-6/h1-5,7,9-11,16H,12-15,17-18,27H2;1-5H,(H,8,9). The number of carbonyl (C=O) groups is 2. The summed E-state index contributed by atoms with van der Waals surface area (Å²) in [6.45, 7) is 2.51. The van der Waals surface area contributed by atoms with E-state index in [0.717, 1.165) is 29.7 Å². The molecular formula is C33H30N2O5. The first kappa shape index (κ1) is 26.8. The Bertz CT molecular complexity index is 1540. The number of fused-ring (bicyclic) bond motifs is 2. The highest BCUT2D eigenvalue weighted by Crippen LogP contribution is 2.46. The second-order valence-corrected chi connectivity index (χ2v) is 9.85. The predicted molar refractivity (Wildman–Crippen MR) is 151 cm³/mol. The molecule has 0 saturated carbocycles. The van der Waals surface area contributed by atoms with E-state index < -0.39 is 5.97 Å². The molecule has 0 unspecified atom stereocenters. The lowest BCUT2D eigenvalue weighted by Crippen LogP contribution is -2.46. The van der Waals surface area contributed by atoms with Gasteiger partial charge in [0, 0.05) is 36.2 Å². The molecule has 202 valence electrons. The predicted octanol–water partition coefficient (Wildman–Crippen LogP) is 5.09. The molecule has 1 amide bonds. The normalized spacial score (nSPS) is 14.7. The fourth-order valence-corrected chi connectivity index (χ4v) is 5.00. The van der Waals surface area contributed by atoms with Gasteiger partial charge in [-0.2, -0.15) is 0 Å². The van der Waals surface area contributed by atoms with Gasteiger partial charge < -0.3 is 24.9 Å². The van der Waals surface area contributed by atoms with E-state index in [1.165, 1.54) is 5.56 Å². The Hall–Kier alpha value is -4.80. The monoisotopic (exact) mass is 534 g/mol. The number of carbonyl (C=O) groups excluding carboxylic acids is 1. The Morgan fingerprint density at radius 2 is 1.60 bits per heavy atom. The van der Waals surface area contributed by atoms with Crippen molar-refractivity contribution in [3.05, 3.63) is 125 Å². The number of piperidine rings is 1. The first-order valence-corrected chi connectivity index (χ1v) is 13.2. The van der Waals surface area contributed by atoms with Crippen molar-refractivity contribution < 1.29 is 23.8 Å². The number of carboxylic acid groups (broad SMARTS) is 1. The van der Waals surface area contributed by atoms with E-state index in [0.29, 0.717) is 43.3 Å². The zero-order chi connectivity index (χ0) is 28.0. The maximum atomic E-state index is 13.0. The lowest BCUT2D eigenvalue weighted by Gasteiger charge is -2.38. The summed E-state index contributed by atoms with van der Waals surface area (Å²) in [4.78, 5) is 25.0. The van der Waals surface area contributed by atoms with Gasteiger partial charge in [0.1, 0.15) is 5.75 Å². The molecule has 1 aromatic heterocycles. The molecule has 7 heteroatoms. The maximum Gasteiger partial charge on any atom is 0.335 e. The van der Waals surface area contributed by atoms with Crippen LogP contribution in [-0.4, -0.2) is 41.6 Å². The van der Waals surface area contributed by atoms with E-state index in [1.807, 2.05) is 47.4 Å². The van der Waals surface area contributed by atoms with Gasteiger partial charge in [-0.25, -0.2) is 4.79 Å². The first-order valence-electron chi connectivity index (χ1n) is 13.2. The maximum absolute atomic E-state index is 13.0. The zero-order valence-corrected chi connectivity index (χ0v) is 22.0. The average molecular weight is 535 g/mol. The van der Waals surface area contributed by atoms with Crippen LogP contribution < -0.4 is 10.5 Å². The fraction of sp³-hybridized carbons (Fsp3) is 0.212. The highest BCUT2D eigenvalue weighted by Gasteiger charge is 2.44. The Morgan fingerprint density at radius 3 is 2.25 bits per heavy atom. The summed E-state index contributed by atoms with van der Waals surface area (Å²) in [6, 6.07) is 27.7. The van der Waals surface area contributed by atoms with Crippen molar-refractivity contribution in [1.29, 1.82) is 0 Å². The fourth-order valence-electron chi connectivity index (χ4n) is 5.00. The lowest BCUT2D eigenvalue weighted by molar-refractivity contribution is 0.0614. The van der Waals surface area contributed by atoms with Gasteiger partial charge in [0.25, 0.3) is 5.91 Å². The molecule has 0 radical (unpaired) electrons. The molecule has 3 N–H and O–H groups in total. The Kier molecular flexibility index (Phi) is 7.99. The van der Waals surface area contributed by atoms with Gasteiger partial charge in [0.05, 0.1) is 12.2 Å². The number of nitrogens with zero attached hydrogens (tertiary/aromatic N) is 1. The number of benzene rings is 3. The van der Waals surface area contributed by atoms with Crippen molar-refractivity contribution in [2.75, 3.05) is 19.7 Å². The molecule has 1 fully saturated rings. The van der Waals surface area contributed by atoms with Gasteiger partial charge in [-0.1, -0.05) is 54.5 Å². The quantitative estimate of drug-likeness (QED) is 0.355. The number of furan rings is 1. The molecule has 3 aromatic carbocycles. The number of hydrogen-bond acceptors (Lipinski definition) is 5. The van der Waals surface area contributed by atoms with Crippen molar-refractivity contribution in [1.82, 2.24) is 4.90 Å². The molecule has 1 spiro atoms. The van der Waals surface area contributed by atoms with E-state index in [1.54, 1.807) is 42.5 Å². The van der Waals surface area contributed by atoms with Gasteiger partial charge in [0.15, 0.2) is 11.5 Å². The topological polar surface area (TPSA) is 106 Å². The number of carboxylic acids is 1. The van der Waals surface area contributed by atoms with Crippen molar-refractivity contribution in [3.8, 4) is 17.6 Å². The van der Waals surface area contributed by atoms with E-state index in [-0.39, 0.29) is 11.3 Å². The second-order valence-electron chi connectivity index (χ2n) is 9.85. The van der Waals surface area contributed by atoms with E-state index in [4.69, 9.17) is 20.0 Å². The third kappa shape index (κ3) is 5.93. The van der Waals surface area contributed by atoms with E-state index in [9.17, 15) is 9.59 Å². The molecule has 1 saturated heterocycles. The highest BCUT2D eigenvalue weighted by molar-refractivity contribution is 5.91. The zero-order valence-electron chi connectivity index (χ0n) is 22.0. The van der Waals surface area contributed by atoms with Crippen LogP contribution in [0.2, 0.25) is 0 Å². The van der Waals surface area contributed by atoms with Crippen LogP contribution >= 0.6 is 0 Å². The van der Waals surface area contributed by atoms with Gasteiger partial charge in [-0.15, -0.1) is 0 Å². The largest absolute Gasteiger partial charge is 0.492 e. The number of likely N-dealkylation sites (tertiary alicyclic amines) is 1. The lowest BCUT2D eigenvalue weighted by atomic mass is 9.74. The summed E-state index contributed by atoms with van der Waals surface area (Å²) in [6.07, 6.45) is 1.72. The van der Waals surface area contributed by atoms with Crippen LogP contribution in [0.5, 0.6) is 5.75 Å². The Labute approximate surface area is 233 Å². The number of hydrogen-bond donors (Lipinski definition) is 2. The van der Waals surface area contributed by atoms with Crippen LogP contribution in [0.15, 0.2) is 95.4 Å². The van der Waals surface area contributed by atoms with Crippen LogP contribution in [0.3, 0.4) is 0 Å². The SMILES string of the molecule is NCc1ccc2c(c1)C1(CCN(C(=O)c3ccc(C#Cc4ccccc4)o3)CC1)CO2.O=C(O)c1ccccc1. The molecule has 40 heavy (non-hydrogen) atoms. The Morgan fingerprint density at radius 1 is 0.900 bits per heavy atom. The minimum Gasteiger partial charge on any atom is -0.492 e. The van der Waals surface area contributed by atoms with Gasteiger partial charge in [-0.05, 0) is 66.8 Å². The molecule has 7 nitrogen and oxygen atoms in total. The number of nitrogens with two attached hydrogens (primary N) is 1. The minimum atomic E-state index is -0.879. The van der Waals surface area contributed by atoms with Crippen molar-refractivity contribution in [3.63, 3.8) is 0 Å². The number of rotatable bonds is 3. The Balaban J connectivity index is 0.000000306. The molecule has 3 heterocycles. The van der Waals surface area contributed by atoms with Gasteiger partial charge >= 0.3 is 5.97 Å². The number of aromatic carboxylic acids is 1. The summed E-state index contributed by atoms with van der Waals surface area (Å²) in [7, 11) is 0. The van der Waals surface area contributed by atoms with Crippen LogP contribution in [0.1, 0.15) is 56.2 Å². The van der Waals surface area contributed by atoms with Crippen molar-refractivity contribution in [2.24, 2.45) is 5.73 Å². The first-order chi connectivity index (χ1) is 19.5. The average Bonchev–Trinajstić information content (AvgIpc) is 3.62. The van der Waals surface area contributed by atoms with Crippen molar-refractivity contribution in [2.45, 2.75) is 24.8 Å². The third-order valence-corrected chi connectivity index (χ3v) is 7.30. The van der Waals surface area contributed by atoms with Crippen LogP contribution in [-0.2, 0) is 12.0 Å². The smallest absolute Gasteiger partial charge is 0.335 e. The highest BCUT2D eigenvalue weighted by atomic mass is 16.5. The third-order valence-electron chi connectivity index (χ3n) is 7.30. The number of ether oxygens (including phenoxy) is 1.